The molecular formula is C15H29N3O3. The molecule has 0 unspecified atom stereocenters. The van der Waals surface area contributed by atoms with Gasteiger partial charge in [-0.25, -0.2) is 4.79 Å². The van der Waals surface area contributed by atoms with Crippen molar-refractivity contribution in [1.82, 2.24) is 15.5 Å². The third kappa shape index (κ3) is 5.91. The molecular weight excluding hydrogens is 270 g/mol. The molecule has 0 aromatic carbocycles. The number of hydrogen-bond acceptors (Lipinski definition) is 3. The zero-order valence-electron chi connectivity index (χ0n) is 13.6. The molecule has 1 fully saturated rings. The highest BCUT2D eigenvalue weighted by molar-refractivity contribution is 5.75. The first-order valence-electron chi connectivity index (χ1n) is 7.82. The van der Waals surface area contributed by atoms with E-state index in [-0.39, 0.29) is 30.2 Å². The number of amides is 2. The van der Waals surface area contributed by atoms with Gasteiger partial charge in [-0.1, -0.05) is 20.3 Å². The zero-order valence-corrected chi connectivity index (χ0v) is 13.6. The second-order valence-electron chi connectivity index (χ2n) is 6.51. The Hall–Kier alpha value is -1.30. The Labute approximate surface area is 127 Å². The van der Waals surface area contributed by atoms with Gasteiger partial charge < -0.3 is 15.7 Å². The summed E-state index contributed by atoms with van der Waals surface area (Å²) in [6.07, 6.45) is 3.61. The van der Waals surface area contributed by atoms with Crippen molar-refractivity contribution in [3.8, 4) is 0 Å². The Morgan fingerprint density at radius 3 is 2.38 bits per heavy atom. The molecule has 1 saturated carbocycles. The smallest absolute Gasteiger partial charge is 0.317 e. The van der Waals surface area contributed by atoms with E-state index in [9.17, 15) is 9.59 Å². The monoisotopic (exact) mass is 299 g/mol. The second kappa shape index (κ2) is 7.64. The van der Waals surface area contributed by atoms with Crippen LogP contribution in [0.15, 0.2) is 0 Å². The molecule has 3 N–H and O–H groups in total. The fourth-order valence-electron chi connectivity index (χ4n) is 2.89. The fourth-order valence-corrected chi connectivity index (χ4v) is 2.89. The summed E-state index contributed by atoms with van der Waals surface area (Å²) in [6.45, 7) is 8.89. The molecule has 0 spiro atoms. The molecule has 0 saturated heterocycles. The van der Waals surface area contributed by atoms with Gasteiger partial charge >= 0.3 is 12.0 Å². The zero-order chi connectivity index (χ0) is 16.0. The molecule has 0 bridgehead atoms. The van der Waals surface area contributed by atoms with Crippen molar-refractivity contribution in [1.29, 1.82) is 0 Å². The lowest BCUT2D eigenvalue weighted by molar-refractivity contribution is -0.139. The highest BCUT2D eigenvalue weighted by Crippen LogP contribution is 2.25. The Morgan fingerprint density at radius 1 is 1.29 bits per heavy atom. The van der Waals surface area contributed by atoms with Crippen molar-refractivity contribution in [2.75, 3.05) is 13.1 Å². The molecule has 122 valence electrons. The Bertz CT molecular complexity index is 365. The average molecular weight is 299 g/mol. The molecule has 0 radical (unpaired) electrons. The number of likely N-dealkylation sites (N-methyl/N-ethyl adjacent to an activating group) is 1. The van der Waals surface area contributed by atoms with Crippen LogP contribution in [0.2, 0.25) is 0 Å². The van der Waals surface area contributed by atoms with Crippen LogP contribution in [0.3, 0.4) is 0 Å². The molecule has 0 atom stereocenters. The van der Waals surface area contributed by atoms with Crippen LogP contribution in [0.5, 0.6) is 0 Å². The number of carboxylic acids is 1. The summed E-state index contributed by atoms with van der Waals surface area (Å²) in [4.78, 5) is 24.6. The number of aliphatic carboxylic acids is 1. The highest BCUT2D eigenvalue weighted by Gasteiger charge is 2.35. The van der Waals surface area contributed by atoms with Gasteiger partial charge in [-0.3, -0.25) is 9.69 Å². The maximum Gasteiger partial charge on any atom is 0.317 e. The minimum atomic E-state index is -0.799. The lowest BCUT2D eigenvalue weighted by Crippen LogP contribution is -2.58. The predicted octanol–water partition coefficient (Wildman–Crippen LogP) is 1.80. The Morgan fingerprint density at radius 2 is 1.90 bits per heavy atom. The van der Waals surface area contributed by atoms with Crippen LogP contribution in [0, 0.1) is 0 Å². The van der Waals surface area contributed by atoms with E-state index >= 15 is 0 Å². The first kappa shape index (κ1) is 17.8. The number of nitrogens with zero attached hydrogens (tertiary/aromatic N) is 1. The van der Waals surface area contributed by atoms with Crippen molar-refractivity contribution < 1.29 is 14.7 Å². The molecule has 6 heteroatoms. The van der Waals surface area contributed by atoms with Crippen molar-refractivity contribution in [3.05, 3.63) is 0 Å². The van der Waals surface area contributed by atoms with E-state index in [0.717, 1.165) is 32.2 Å². The molecule has 0 aromatic heterocycles. The fraction of sp³-hybridized carbons (Fsp3) is 0.867. The summed E-state index contributed by atoms with van der Waals surface area (Å²) in [5.74, 6) is -0.799. The van der Waals surface area contributed by atoms with Gasteiger partial charge in [-0.2, -0.15) is 0 Å². The van der Waals surface area contributed by atoms with Crippen molar-refractivity contribution >= 4 is 12.0 Å². The summed E-state index contributed by atoms with van der Waals surface area (Å²) in [6, 6.07) is 0.286. The van der Waals surface area contributed by atoms with Gasteiger partial charge in [-0.05, 0) is 39.7 Å². The number of carbonyl (C=O) groups excluding carboxylic acids is 1. The lowest BCUT2D eigenvalue weighted by atomic mass is 9.85. The van der Waals surface area contributed by atoms with E-state index in [0.29, 0.717) is 0 Å². The van der Waals surface area contributed by atoms with E-state index in [1.807, 2.05) is 25.7 Å². The number of rotatable bonds is 8. The topological polar surface area (TPSA) is 81.7 Å². The molecule has 6 nitrogen and oxygen atoms in total. The first-order valence-corrected chi connectivity index (χ1v) is 7.82. The molecule has 0 heterocycles. The molecule has 1 aliphatic rings. The van der Waals surface area contributed by atoms with E-state index in [1.54, 1.807) is 0 Å². The highest BCUT2D eigenvalue weighted by atomic mass is 16.4. The van der Waals surface area contributed by atoms with Gasteiger partial charge in [-0.15, -0.1) is 0 Å². The molecule has 0 aliphatic heterocycles. The van der Waals surface area contributed by atoms with Gasteiger partial charge in [0.15, 0.2) is 0 Å². The quantitative estimate of drug-likeness (QED) is 0.638. The molecule has 0 aromatic rings. The van der Waals surface area contributed by atoms with Crippen LogP contribution in [-0.2, 0) is 4.79 Å². The van der Waals surface area contributed by atoms with Gasteiger partial charge in [0.2, 0.25) is 0 Å². The van der Waals surface area contributed by atoms with Crippen molar-refractivity contribution in [2.45, 2.75) is 71.0 Å². The molecule has 21 heavy (non-hydrogen) atoms. The van der Waals surface area contributed by atoms with Crippen molar-refractivity contribution in [2.24, 2.45) is 0 Å². The Balaban J connectivity index is 2.31. The van der Waals surface area contributed by atoms with E-state index < -0.39 is 5.97 Å². The average Bonchev–Trinajstić information content (AvgIpc) is 2.29. The summed E-state index contributed by atoms with van der Waals surface area (Å²) < 4.78 is 0. The van der Waals surface area contributed by atoms with Crippen LogP contribution in [-0.4, -0.2) is 52.7 Å². The minimum Gasteiger partial charge on any atom is -0.480 e. The summed E-state index contributed by atoms with van der Waals surface area (Å²) in [5, 5.41) is 14.8. The molecule has 1 aliphatic carbocycles. The number of urea groups is 1. The van der Waals surface area contributed by atoms with Crippen LogP contribution in [0.4, 0.5) is 4.79 Å². The maximum absolute atomic E-state index is 11.9. The number of hydrogen-bond donors (Lipinski definition) is 3. The summed E-state index contributed by atoms with van der Waals surface area (Å²) in [7, 11) is 0. The van der Waals surface area contributed by atoms with E-state index in [2.05, 4.69) is 17.6 Å². The first-order chi connectivity index (χ1) is 9.77. The number of nitrogens with one attached hydrogen (secondary N) is 2. The maximum atomic E-state index is 11.9. The normalized spacial score (nSPS) is 21.8. The molecule has 2 amide bonds. The van der Waals surface area contributed by atoms with Gasteiger partial charge in [0.25, 0.3) is 0 Å². The number of carbonyl (C=O) groups is 2. The largest absolute Gasteiger partial charge is 0.480 e. The summed E-state index contributed by atoms with van der Waals surface area (Å²) in [5.41, 5.74) is -0.194. The van der Waals surface area contributed by atoms with Gasteiger partial charge in [0.1, 0.15) is 0 Å². The predicted molar refractivity (Wildman–Crippen MR) is 82.3 cm³/mol. The lowest BCUT2D eigenvalue weighted by Gasteiger charge is -2.42. The van der Waals surface area contributed by atoms with Crippen LogP contribution in [0.25, 0.3) is 0 Å². The van der Waals surface area contributed by atoms with Gasteiger partial charge in [0.05, 0.1) is 6.54 Å². The van der Waals surface area contributed by atoms with Gasteiger partial charge in [0, 0.05) is 17.6 Å². The third-order valence-corrected chi connectivity index (χ3v) is 4.04. The van der Waals surface area contributed by atoms with Crippen LogP contribution >= 0.6 is 0 Å². The Kier molecular flexibility index (Phi) is 6.45. The van der Waals surface area contributed by atoms with Crippen LogP contribution < -0.4 is 10.6 Å². The van der Waals surface area contributed by atoms with E-state index in [4.69, 9.17) is 5.11 Å². The third-order valence-electron chi connectivity index (χ3n) is 4.04. The standard InChI is InChI=1S/C15H29N3O3/c1-5-7-15(3,4)17-14(21)16-11-8-12(9-11)18(6-2)10-13(19)20/h11-12H,5-10H2,1-4H3,(H,19,20)(H2,16,17,21). The summed E-state index contributed by atoms with van der Waals surface area (Å²) >= 11 is 0. The van der Waals surface area contributed by atoms with E-state index in [1.165, 1.54) is 0 Å². The van der Waals surface area contributed by atoms with Crippen LogP contribution in [0.1, 0.15) is 53.4 Å². The number of carboxylic acid groups (broad SMARTS) is 1. The SMILES string of the molecule is CCCC(C)(C)NC(=O)NC1CC(N(CC)CC(=O)O)C1. The molecule has 1 rings (SSSR count). The minimum absolute atomic E-state index is 0.0730. The second-order valence-corrected chi connectivity index (χ2v) is 6.51. The van der Waals surface area contributed by atoms with Crippen molar-refractivity contribution in [3.63, 3.8) is 0 Å².